The summed E-state index contributed by atoms with van der Waals surface area (Å²) in [5, 5.41) is 0. The zero-order chi connectivity index (χ0) is 20.1. The molecule has 6 rings (SSSR count). The van der Waals surface area contributed by atoms with Gasteiger partial charge in [0.2, 0.25) is 0 Å². The lowest BCUT2D eigenvalue weighted by Crippen LogP contribution is -2.79. The second-order valence-corrected chi connectivity index (χ2v) is 10.2. The Morgan fingerprint density at radius 1 is 0.433 bits per heavy atom. The average molecular weight is 423 g/mol. The second-order valence-electron chi connectivity index (χ2n) is 10.2. The second kappa shape index (κ2) is 7.67. The van der Waals surface area contributed by atoms with Gasteiger partial charge in [0.15, 0.2) is 0 Å². The summed E-state index contributed by atoms with van der Waals surface area (Å²) < 4.78 is 40.2. The summed E-state index contributed by atoms with van der Waals surface area (Å²) >= 11 is 0. The molecule has 0 saturated carbocycles. The summed E-state index contributed by atoms with van der Waals surface area (Å²) in [6.45, 7) is 4.76. The first kappa shape index (κ1) is 20.4. The van der Waals surface area contributed by atoms with Gasteiger partial charge in [0, 0.05) is 39.6 Å². The monoisotopic (exact) mass is 422 g/mol. The van der Waals surface area contributed by atoms with Crippen LogP contribution in [0.25, 0.3) is 0 Å². The fraction of sp³-hybridized carbons (Fsp3) is 1.00. The lowest BCUT2D eigenvalue weighted by Gasteiger charge is -2.61. The van der Waals surface area contributed by atoms with Crippen molar-refractivity contribution in [3.05, 3.63) is 0 Å². The van der Waals surface area contributed by atoms with E-state index in [9.17, 15) is 0 Å². The Labute approximate surface area is 180 Å². The molecule has 0 bridgehead atoms. The van der Waals surface area contributed by atoms with Crippen LogP contribution in [0, 0.1) is 0 Å². The molecule has 6 heteroatoms. The van der Waals surface area contributed by atoms with Gasteiger partial charge in [-0.05, 0) is 77.0 Å². The molecule has 6 nitrogen and oxygen atoms in total. The van der Waals surface area contributed by atoms with Crippen molar-refractivity contribution in [2.45, 2.75) is 112 Å². The Bertz CT molecular complexity index is 545. The number of ether oxygens (including phenoxy) is 6. The summed E-state index contributed by atoms with van der Waals surface area (Å²) in [4.78, 5) is 0. The lowest BCUT2D eigenvalue weighted by atomic mass is 9.56. The van der Waals surface area contributed by atoms with Crippen LogP contribution < -0.4 is 0 Å². The van der Waals surface area contributed by atoms with Gasteiger partial charge in [-0.3, -0.25) is 0 Å². The minimum Gasteiger partial charge on any atom is -0.375 e. The molecule has 0 aromatic carbocycles. The third-order valence-corrected chi connectivity index (χ3v) is 9.07. The highest BCUT2D eigenvalue weighted by atomic mass is 16.6. The van der Waals surface area contributed by atoms with Crippen LogP contribution in [-0.2, 0) is 28.4 Å². The van der Waals surface area contributed by atoms with E-state index < -0.39 is 22.4 Å². The Hall–Kier alpha value is -0.240. The van der Waals surface area contributed by atoms with Crippen LogP contribution in [0.2, 0.25) is 0 Å². The lowest BCUT2D eigenvalue weighted by molar-refractivity contribution is -0.335. The first-order chi connectivity index (χ1) is 14.8. The van der Waals surface area contributed by atoms with Crippen LogP contribution in [0.15, 0.2) is 0 Å². The SMILES string of the molecule is C1CO[C@H]([C@]2([C@@]3([C@]4([C@@]5([C@H]6CCCO6)CCCO5)CCCO4)CCCO3)CCCO2)C1. The average Bonchev–Trinajstić information content (AvgIpc) is 3.64. The molecule has 170 valence electrons. The van der Waals surface area contributed by atoms with Gasteiger partial charge in [-0.1, -0.05) is 0 Å². The normalized spacial score (nSPS) is 52.0. The van der Waals surface area contributed by atoms with Crippen LogP contribution in [-0.4, -0.2) is 74.3 Å². The van der Waals surface area contributed by atoms with E-state index in [0.29, 0.717) is 0 Å². The maximum absolute atomic E-state index is 6.96. The first-order valence-electron chi connectivity index (χ1n) is 12.6. The summed E-state index contributed by atoms with van der Waals surface area (Å²) in [6, 6.07) is 0. The molecule has 0 amide bonds. The van der Waals surface area contributed by atoms with E-state index in [2.05, 4.69) is 0 Å². The van der Waals surface area contributed by atoms with Crippen molar-refractivity contribution in [2.75, 3.05) is 39.6 Å². The van der Waals surface area contributed by atoms with Crippen molar-refractivity contribution in [1.29, 1.82) is 0 Å². The molecule has 6 aliphatic heterocycles. The van der Waals surface area contributed by atoms with Gasteiger partial charge in [-0.25, -0.2) is 0 Å². The number of hydrogen-bond acceptors (Lipinski definition) is 6. The van der Waals surface area contributed by atoms with Crippen molar-refractivity contribution in [1.82, 2.24) is 0 Å². The van der Waals surface area contributed by atoms with E-state index >= 15 is 0 Å². The molecule has 0 aromatic heterocycles. The molecule has 0 spiro atoms. The smallest absolute Gasteiger partial charge is 0.131 e. The quantitative estimate of drug-likeness (QED) is 0.676. The Morgan fingerprint density at radius 3 is 1.17 bits per heavy atom. The van der Waals surface area contributed by atoms with Gasteiger partial charge in [0.25, 0.3) is 0 Å². The molecule has 0 radical (unpaired) electrons. The zero-order valence-electron chi connectivity index (χ0n) is 18.3. The van der Waals surface area contributed by atoms with Crippen molar-refractivity contribution in [3.8, 4) is 0 Å². The van der Waals surface area contributed by atoms with Crippen molar-refractivity contribution < 1.29 is 28.4 Å². The first-order valence-corrected chi connectivity index (χ1v) is 12.6. The third-order valence-electron chi connectivity index (χ3n) is 9.07. The van der Waals surface area contributed by atoms with E-state index in [1.54, 1.807) is 0 Å². The minimum atomic E-state index is -0.529. The van der Waals surface area contributed by atoms with Crippen molar-refractivity contribution >= 4 is 0 Å². The van der Waals surface area contributed by atoms with Crippen molar-refractivity contribution in [2.24, 2.45) is 0 Å². The maximum Gasteiger partial charge on any atom is 0.131 e. The Balaban J connectivity index is 1.52. The number of hydrogen-bond donors (Lipinski definition) is 0. The molecule has 0 aromatic rings. The molecule has 6 aliphatic rings. The predicted molar refractivity (Wildman–Crippen MR) is 110 cm³/mol. The van der Waals surface area contributed by atoms with E-state index in [1.165, 1.54) is 0 Å². The highest BCUT2D eigenvalue weighted by molar-refractivity contribution is 5.28. The van der Waals surface area contributed by atoms with Crippen LogP contribution >= 0.6 is 0 Å². The van der Waals surface area contributed by atoms with Gasteiger partial charge in [-0.15, -0.1) is 0 Å². The topological polar surface area (TPSA) is 55.4 Å². The standard InChI is InChI=1S/C24H38O6/c1-7-19(25-13-1)21(9-3-15-27-21)23(11-5-17-29-23)24(12-6-18-30-24)22(10-4-16-28-22)20-8-2-14-26-20/h19-20H,1-18H2/t19-,20+,21-,22-,23+,24+/m0/s1. The maximum atomic E-state index is 6.96. The van der Waals surface area contributed by atoms with E-state index in [4.69, 9.17) is 28.4 Å². The molecule has 6 atom stereocenters. The molecule has 30 heavy (non-hydrogen) atoms. The van der Waals surface area contributed by atoms with Gasteiger partial charge < -0.3 is 28.4 Å². The largest absolute Gasteiger partial charge is 0.375 e. The van der Waals surface area contributed by atoms with E-state index in [-0.39, 0.29) is 12.2 Å². The van der Waals surface area contributed by atoms with Crippen molar-refractivity contribution in [3.63, 3.8) is 0 Å². The molecule has 6 saturated heterocycles. The molecule has 0 aliphatic carbocycles. The number of rotatable bonds is 5. The summed E-state index contributed by atoms with van der Waals surface area (Å²) in [5.74, 6) is 0. The third kappa shape index (κ3) is 2.52. The minimum absolute atomic E-state index is 0.0853. The van der Waals surface area contributed by atoms with E-state index in [0.717, 1.165) is 117 Å². The highest BCUT2D eigenvalue weighted by Gasteiger charge is 2.78. The molecule has 6 fully saturated rings. The Morgan fingerprint density at radius 2 is 0.867 bits per heavy atom. The van der Waals surface area contributed by atoms with Gasteiger partial charge in [0.1, 0.15) is 22.4 Å². The molecule has 6 heterocycles. The summed E-state index contributed by atoms with van der Waals surface area (Å²) in [7, 11) is 0. The molecular formula is C24H38O6. The van der Waals surface area contributed by atoms with Gasteiger partial charge in [-0.2, -0.15) is 0 Å². The van der Waals surface area contributed by atoms with Crippen LogP contribution in [0.4, 0.5) is 0 Å². The molecule has 0 unspecified atom stereocenters. The van der Waals surface area contributed by atoms with Crippen LogP contribution in [0.5, 0.6) is 0 Å². The van der Waals surface area contributed by atoms with E-state index in [1.807, 2.05) is 0 Å². The molecule has 0 N–H and O–H groups in total. The van der Waals surface area contributed by atoms with Crippen LogP contribution in [0.1, 0.15) is 77.0 Å². The molecular weight excluding hydrogens is 384 g/mol. The summed E-state index contributed by atoms with van der Waals surface area (Å²) in [5.41, 5.74) is -1.94. The Kier molecular flexibility index (Phi) is 5.21. The highest BCUT2D eigenvalue weighted by Crippen LogP contribution is 2.64. The fourth-order valence-corrected chi connectivity index (χ4v) is 8.15. The van der Waals surface area contributed by atoms with Gasteiger partial charge in [0.05, 0.1) is 12.2 Å². The fourth-order valence-electron chi connectivity index (χ4n) is 8.15. The predicted octanol–water partition coefficient (Wildman–Crippen LogP) is 3.54. The summed E-state index contributed by atoms with van der Waals surface area (Å²) in [6.07, 6.45) is 12.6. The van der Waals surface area contributed by atoms with Crippen LogP contribution in [0.3, 0.4) is 0 Å². The zero-order valence-corrected chi connectivity index (χ0v) is 18.3. The van der Waals surface area contributed by atoms with Gasteiger partial charge >= 0.3 is 0 Å².